The molecular formula is C23H26O5P2. The second-order valence-corrected chi connectivity index (χ2v) is 12.4. The van der Waals surface area contributed by atoms with Crippen LogP contribution in [0.25, 0.3) is 0 Å². The number of hydrogen-bond acceptors (Lipinski definition) is 3. The van der Waals surface area contributed by atoms with E-state index in [4.69, 9.17) is 9.79 Å². The molecule has 3 aromatic rings. The second-order valence-electron chi connectivity index (χ2n) is 7.16. The van der Waals surface area contributed by atoms with Crippen LogP contribution < -0.4 is 15.9 Å². The molecule has 0 saturated heterocycles. The standard InChI is InChI=1S/C23H26O5P2/c24-23(28-30(25,26)27)18-10-11-19-29(20-12-4-1-5-13-20,21-14-6-2-7-15-21)22-16-8-3-9-17-22/h1-9,12-17,29H,10-11,18-19H2,(H2,25,26,27). The average Bonchev–Trinajstić information content (AvgIpc) is 2.75. The summed E-state index contributed by atoms with van der Waals surface area (Å²) in [4.78, 5) is 29.3. The average molecular weight is 444 g/mol. The molecule has 0 unspecified atom stereocenters. The molecule has 5 nitrogen and oxygen atoms in total. The summed E-state index contributed by atoms with van der Waals surface area (Å²) in [7, 11) is -7.14. The normalized spacial score (nSPS) is 12.3. The quantitative estimate of drug-likeness (QED) is 0.390. The van der Waals surface area contributed by atoms with Gasteiger partial charge in [0.05, 0.1) is 0 Å². The molecule has 3 aromatic carbocycles. The number of phosphoric acid groups is 1. The van der Waals surface area contributed by atoms with Gasteiger partial charge in [0.15, 0.2) is 0 Å². The Morgan fingerprint density at radius 2 is 1.13 bits per heavy atom. The Kier molecular flexibility index (Phi) is 7.58. The number of carbonyl (C=O) groups is 1. The van der Waals surface area contributed by atoms with E-state index in [2.05, 4.69) is 77.3 Å². The van der Waals surface area contributed by atoms with Crippen LogP contribution in [0.2, 0.25) is 0 Å². The topological polar surface area (TPSA) is 83.8 Å². The van der Waals surface area contributed by atoms with Gasteiger partial charge in [-0.15, -0.1) is 0 Å². The van der Waals surface area contributed by atoms with Gasteiger partial charge in [0.25, 0.3) is 0 Å². The first kappa shape index (κ1) is 22.4. The SMILES string of the molecule is O=C(CCCC[PH](c1ccccc1)(c1ccccc1)c1ccccc1)OP(=O)(O)O. The van der Waals surface area contributed by atoms with Crippen molar-refractivity contribution in [1.29, 1.82) is 0 Å². The van der Waals surface area contributed by atoms with Crippen molar-refractivity contribution in [1.82, 2.24) is 0 Å². The summed E-state index contributed by atoms with van der Waals surface area (Å²) in [6.07, 6.45) is 2.09. The molecule has 0 atom stereocenters. The zero-order valence-electron chi connectivity index (χ0n) is 16.6. The fourth-order valence-electron chi connectivity index (χ4n) is 3.94. The third-order valence-corrected chi connectivity index (χ3v) is 10.7. The number of unbranched alkanes of at least 4 members (excludes halogenated alkanes) is 1. The van der Waals surface area contributed by atoms with E-state index in [1.807, 2.05) is 18.2 Å². The van der Waals surface area contributed by atoms with Crippen molar-refractivity contribution in [2.45, 2.75) is 19.3 Å². The minimum absolute atomic E-state index is 0.0199. The van der Waals surface area contributed by atoms with Gasteiger partial charge < -0.3 is 0 Å². The van der Waals surface area contributed by atoms with E-state index >= 15 is 0 Å². The van der Waals surface area contributed by atoms with Crippen LogP contribution >= 0.6 is 15.1 Å². The van der Waals surface area contributed by atoms with E-state index < -0.39 is 21.1 Å². The van der Waals surface area contributed by atoms with Crippen molar-refractivity contribution in [3.8, 4) is 0 Å². The Bertz CT molecular complexity index is 891. The molecule has 0 amide bonds. The molecule has 0 aromatic heterocycles. The summed E-state index contributed by atoms with van der Waals surface area (Å²) in [6.45, 7) is 0. The van der Waals surface area contributed by atoms with E-state index in [1.165, 1.54) is 15.9 Å². The minimum atomic E-state index is -4.79. The first-order valence-corrected chi connectivity index (χ1v) is 13.6. The Labute approximate surface area is 177 Å². The van der Waals surface area contributed by atoms with Crippen molar-refractivity contribution in [2.75, 3.05) is 6.16 Å². The second kappa shape index (κ2) is 10.1. The third kappa shape index (κ3) is 5.65. The van der Waals surface area contributed by atoms with E-state index in [9.17, 15) is 9.36 Å². The van der Waals surface area contributed by atoms with Gasteiger partial charge in [-0.25, -0.2) is 0 Å². The molecule has 0 saturated carbocycles. The predicted octanol–water partition coefficient (Wildman–Crippen LogP) is 3.52. The van der Waals surface area contributed by atoms with Gasteiger partial charge in [-0.05, 0) is 0 Å². The van der Waals surface area contributed by atoms with E-state index in [0.29, 0.717) is 6.42 Å². The Morgan fingerprint density at radius 3 is 1.50 bits per heavy atom. The number of carbonyl (C=O) groups excluding carboxylic acids is 1. The third-order valence-electron chi connectivity index (χ3n) is 5.20. The fourth-order valence-corrected chi connectivity index (χ4v) is 9.23. The Hall–Kier alpha value is -2.29. The molecule has 2 N–H and O–H groups in total. The summed E-state index contributed by atoms with van der Waals surface area (Å²) in [5.74, 6) is -0.866. The van der Waals surface area contributed by atoms with Crippen molar-refractivity contribution in [3.05, 3.63) is 91.0 Å². The number of benzene rings is 3. The number of rotatable bonds is 9. The number of phosphoric ester groups is 1. The molecule has 0 aliphatic carbocycles. The zero-order valence-corrected chi connectivity index (χ0v) is 18.4. The van der Waals surface area contributed by atoms with Crippen LogP contribution in [0, 0.1) is 0 Å². The van der Waals surface area contributed by atoms with Gasteiger partial charge in [0.2, 0.25) is 0 Å². The first-order valence-electron chi connectivity index (χ1n) is 9.86. The van der Waals surface area contributed by atoms with Crippen LogP contribution in [-0.2, 0) is 13.9 Å². The molecule has 0 fully saturated rings. The Balaban J connectivity index is 1.92. The molecule has 3 rings (SSSR count). The van der Waals surface area contributed by atoms with Crippen LogP contribution in [0.1, 0.15) is 19.3 Å². The van der Waals surface area contributed by atoms with E-state index in [1.54, 1.807) is 0 Å². The van der Waals surface area contributed by atoms with Gasteiger partial charge >= 0.3 is 177 Å². The molecular weight excluding hydrogens is 418 g/mol. The van der Waals surface area contributed by atoms with Crippen LogP contribution in [-0.4, -0.2) is 21.9 Å². The van der Waals surface area contributed by atoms with Crippen molar-refractivity contribution in [2.24, 2.45) is 0 Å². The van der Waals surface area contributed by atoms with Crippen LogP contribution in [0.4, 0.5) is 0 Å². The van der Waals surface area contributed by atoms with Gasteiger partial charge in [0, 0.05) is 0 Å². The molecule has 7 heteroatoms. The molecule has 0 bridgehead atoms. The summed E-state index contributed by atoms with van der Waals surface area (Å²) in [6, 6.07) is 31.4. The molecule has 0 spiro atoms. The van der Waals surface area contributed by atoms with Crippen molar-refractivity contribution in [3.63, 3.8) is 0 Å². The summed E-state index contributed by atoms with van der Waals surface area (Å²) in [5, 5.41) is 3.88. The predicted molar refractivity (Wildman–Crippen MR) is 123 cm³/mol. The maximum absolute atomic E-state index is 11.7. The van der Waals surface area contributed by atoms with Crippen molar-refractivity contribution >= 4 is 37.0 Å². The zero-order chi connectivity index (χ0) is 21.5. The fraction of sp³-hybridized carbons (Fsp3) is 0.174. The molecule has 0 aliphatic heterocycles. The van der Waals surface area contributed by atoms with E-state index in [-0.39, 0.29) is 6.42 Å². The van der Waals surface area contributed by atoms with E-state index in [0.717, 1.165) is 12.6 Å². The van der Waals surface area contributed by atoms with Crippen LogP contribution in [0.3, 0.4) is 0 Å². The first-order chi connectivity index (χ1) is 14.4. The van der Waals surface area contributed by atoms with Gasteiger partial charge in [0.1, 0.15) is 0 Å². The molecule has 30 heavy (non-hydrogen) atoms. The molecule has 0 radical (unpaired) electrons. The molecule has 158 valence electrons. The van der Waals surface area contributed by atoms with Gasteiger partial charge in [-0.1, -0.05) is 0 Å². The van der Waals surface area contributed by atoms with Gasteiger partial charge in [-0.2, -0.15) is 0 Å². The maximum atomic E-state index is 11.7. The molecule has 0 heterocycles. The monoisotopic (exact) mass is 444 g/mol. The van der Waals surface area contributed by atoms with Crippen LogP contribution in [0.15, 0.2) is 91.0 Å². The summed E-state index contributed by atoms with van der Waals surface area (Å²) < 4.78 is 15.0. The van der Waals surface area contributed by atoms with Crippen molar-refractivity contribution < 1.29 is 23.7 Å². The van der Waals surface area contributed by atoms with Gasteiger partial charge in [-0.3, -0.25) is 0 Å². The summed E-state index contributed by atoms with van der Waals surface area (Å²) in [5.41, 5.74) is 0. The number of hydrogen-bond donors (Lipinski definition) is 2. The summed E-state index contributed by atoms with van der Waals surface area (Å²) >= 11 is 0. The Morgan fingerprint density at radius 1 is 0.733 bits per heavy atom. The molecule has 0 aliphatic rings. The van der Waals surface area contributed by atoms with Crippen LogP contribution in [0.5, 0.6) is 0 Å².